The molecular weight excluding hydrogens is 231 g/mol. The lowest BCUT2D eigenvalue weighted by Gasteiger charge is -2.13. The van der Waals surface area contributed by atoms with Crippen molar-refractivity contribution in [3.63, 3.8) is 0 Å². The minimum absolute atomic E-state index is 0.183. The van der Waals surface area contributed by atoms with Crippen LogP contribution in [0.4, 0.5) is 18.9 Å². The first-order valence-electron chi connectivity index (χ1n) is 4.07. The van der Waals surface area contributed by atoms with E-state index in [1.165, 1.54) is 13.0 Å². The fourth-order valence-electron chi connectivity index (χ4n) is 1.09. The highest BCUT2D eigenvalue weighted by Crippen LogP contribution is 2.33. The van der Waals surface area contributed by atoms with Crippen molar-refractivity contribution < 1.29 is 17.9 Å². The van der Waals surface area contributed by atoms with Gasteiger partial charge in [-0.1, -0.05) is 11.6 Å². The first-order valence-corrected chi connectivity index (χ1v) is 4.45. The third kappa shape index (κ3) is 3.20. The maximum absolute atomic E-state index is 12.0. The second kappa shape index (κ2) is 4.18. The molecular formula is C9H9ClF3NO. The predicted octanol–water partition coefficient (Wildman–Crippen LogP) is 3.59. The van der Waals surface area contributed by atoms with E-state index < -0.39 is 6.36 Å². The molecule has 84 valence electrons. The second-order valence-electron chi connectivity index (χ2n) is 2.90. The van der Waals surface area contributed by atoms with Crippen molar-refractivity contribution in [1.82, 2.24) is 0 Å². The van der Waals surface area contributed by atoms with Crippen molar-refractivity contribution in [2.24, 2.45) is 0 Å². The first-order chi connectivity index (χ1) is 6.83. The van der Waals surface area contributed by atoms with Gasteiger partial charge in [0.15, 0.2) is 0 Å². The first kappa shape index (κ1) is 12.0. The third-order valence-electron chi connectivity index (χ3n) is 1.76. The summed E-state index contributed by atoms with van der Waals surface area (Å²) in [6, 6.07) is 2.62. The molecule has 1 rings (SSSR count). The molecule has 0 radical (unpaired) electrons. The van der Waals surface area contributed by atoms with Gasteiger partial charge in [-0.25, -0.2) is 0 Å². The summed E-state index contributed by atoms with van der Waals surface area (Å²) in [6.45, 7) is 1.51. The molecule has 0 saturated heterocycles. The molecule has 0 heterocycles. The zero-order valence-electron chi connectivity index (χ0n) is 8.07. The van der Waals surface area contributed by atoms with Crippen molar-refractivity contribution in [3.05, 3.63) is 22.7 Å². The number of ether oxygens (including phenoxy) is 1. The number of anilines is 1. The lowest BCUT2D eigenvalue weighted by Crippen LogP contribution is -2.17. The Balaban J connectivity index is 3.05. The van der Waals surface area contributed by atoms with Crippen LogP contribution in [-0.2, 0) is 0 Å². The Morgan fingerprint density at radius 3 is 2.40 bits per heavy atom. The van der Waals surface area contributed by atoms with E-state index in [0.717, 1.165) is 6.07 Å². The molecule has 0 aromatic heterocycles. The molecule has 15 heavy (non-hydrogen) atoms. The monoisotopic (exact) mass is 239 g/mol. The molecule has 2 nitrogen and oxygen atoms in total. The number of benzene rings is 1. The van der Waals surface area contributed by atoms with E-state index in [1.807, 2.05) is 0 Å². The number of halogens is 4. The molecule has 0 aliphatic heterocycles. The quantitative estimate of drug-likeness (QED) is 0.852. The lowest BCUT2D eigenvalue weighted by molar-refractivity contribution is -0.274. The summed E-state index contributed by atoms with van der Waals surface area (Å²) in [5.74, 6) is -0.286. The van der Waals surface area contributed by atoms with Crippen LogP contribution in [0.15, 0.2) is 12.1 Å². The van der Waals surface area contributed by atoms with Crippen LogP contribution in [0.2, 0.25) is 5.02 Å². The van der Waals surface area contributed by atoms with E-state index in [2.05, 4.69) is 10.1 Å². The lowest BCUT2D eigenvalue weighted by atomic mass is 10.2. The maximum atomic E-state index is 12.0. The highest BCUT2D eigenvalue weighted by Gasteiger charge is 2.32. The normalized spacial score (nSPS) is 11.3. The Labute approximate surface area is 90.0 Å². The number of rotatable bonds is 2. The smallest absolute Gasteiger partial charge is 0.405 e. The Bertz CT molecular complexity index is 365. The molecule has 0 aliphatic rings. The van der Waals surface area contributed by atoms with Gasteiger partial charge in [0.25, 0.3) is 0 Å². The van der Waals surface area contributed by atoms with Gasteiger partial charge >= 0.3 is 6.36 Å². The molecule has 0 unspecified atom stereocenters. The second-order valence-corrected chi connectivity index (χ2v) is 3.30. The van der Waals surface area contributed by atoms with Gasteiger partial charge in [0.1, 0.15) is 5.75 Å². The maximum Gasteiger partial charge on any atom is 0.573 e. The van der Waals surface area contributed by atoms with Crippen molar-refractivity contribution in [3.8, 4) is 5.75 Å². The standard InChI is InChI=1S/C9H9ClF3NO/c1-5-3-7(14-2)6(10)4-8(5)15-9(11,12)13/h3-4,14H,1-2H3. The molecule has 0 spiro atoms. The molecule has 0 aliphatic carbocycles. The summed E-state index contributed by atoms with van der Waals surface area (Å²) >= 11 is 5.72. The van der Waals surface area contributed by atoms with Crippen LogP contribution < -0.4 is 10.1 Å². The summed E-state index contributed by atoms with van der Waals surface area (Å²) in [5.41, 5.74) is 0.921. The highest BCUT2D eigenvalue weighted by molar-refractivity contribution is 6.33. The Morgan fingerprint density at radius 2 is 1.93 bits per heavy atom. The molecule has 0 bridgehead atoms. The van der Waals surface area contributed by atoms with Crippen molar-refractivity contribution in [2.75, 3.05) is 12.4 Å². The van der Waals surface area contributed by atoms with Gasteiger partial charge in [-0.15, -0.1) is 13.2 Å². The molecule has 1 aromatic rings. The van der Waals surface area contributed by atoms with Gasteiger partial charge < -0.3 is 10.1 Å². The van der Waals surface area contributed by atoms with Crippen LogP contribution in [0.25, 0.3) is 0 Å². The Morgan fingerprint density at radius 1 is 1.33 bits per heavy atom. The number of hydrogen-bond donors (Lipinski definition) is 1. The molecule has 0 amide bonds. The van der Waals surface area contributed by atoms with Crippen molar-refractivity contribution in [1.29, 1.82) is 0 Å². The fraction of sp³-hybridized carbons (Fsp3) is 0.333. The third-order valence-corrected chi connectivity index (χ3v) is 2.07. The Hall–Kier alpha value is -1.10. The van der Waals surface area contributed by atoms with Gasteiger partial charge in [0.2, 0.25) is 0 Å². The zero-order chi connectivity index (χ0) is 11.6. The van der Waals surface area contributed by atoms with Gasteiger partial charge in [0.05, 0.1) is 10.7 Å². The van der Waals surface area contributed by atoms with Crippen LogP contribution in [0.1, 0.15) is 5.56 Å². The number of hydrogen-bond acceptors (Lipinski definition) is 2. The summed E-state index contributed by atoms with van der Waals surface area (Å²) in [5, 5.41) is 2.94. The number of alkyl halides is 3. The number of aryl methyl sites for hydroxylation is 1. The van der Waals surface area contributed by atoms with Crippen LogP contribution >= 0.6 is 11.6 Å². The van der Waals surface area contributed by atoms with Crippen LogP contribution in [0.5, 0.6) is 5.75 Å². The largest absolute Gasteiger partial charge is 0.573 e. The van der Waals surface area contributed by atoms with E-state index in [0.29, 0.717) is 11.3 Å². The minimum atomic E-state index is -4.70. The molecule has 1 aromatic carbocycles. The molecule has 1 N–H and O–H groups in total. The van der Waals surface area contributed by atoms with E-state index in [9.17, 15) is 13.2 Å². The van der Waals surface area contributed by atoms with Gasteiger partial charge in [-0.05, 0) is 18.6 Å². The van der Waals surface area contributed by atoms with Gasteiger partial charge in [-0.3, -0.25) is 0 Å². The SMILES string of the molecule is CNc1cc(C)c(OC(F)(F)F)cc1Cl. The topological polar surface area (TPSA) is 21.3 Å². The fourth-order valence-corrected chi connectivity index (χ4v) is 1.34. The molecule has 0 atom stereocenters. The van der Waals surface area contributed by atoms with Gasteiger partial charge in [-0.2, -0.15) is 0 Å². The summed E-state index contributed by atoms with van der Waals surface area (Å²) in [4.78, 5) is 0. The van der Waals surface area contributed by atoms with Crippen LogP contribution in [0, 0.1) is 6.92 Å². The highest BCUT2D eigenvalue weighted by atomic mass is 35.5. The van der Waals surface area contributed by atoms with E-state index in [1.54, 1.807) is 7.05 Å². The average Bonchev–Trinajstić information content (AvgIpc) is 2.08. The average molecular weight is 240 g/mol. The minimum Gasteiger partial charge on any atom is -0.405 e. The summed E-state index contributed by atoms with van der Waals surface area (Å²) in [7, 11) is 1.63. The number of nitrogens with one attached hydrogen (secondary N) is 1. The molecule has 0 fully saturated rings. The van der Waals surface area contributed by atoms with Crippen LogP contribution in [0.3, 0.4) is 0 Å². The zero-order valence-corrected chi connectivity index (χ0v) is 8.83. The summed E-state index contributed by atoms with van der Waals surface area (Å²) in [6.07, 6.45) is -4.70. The van der Waals surface area contributed by atoms with Gasteiger partial charge in [0, 0.05) is 13.1 Å². The van der Waals surface area contributed by atoms with Crippen LogP contribution in [-0.4, -0.2) is 13.4 Å². The molecule has 0 saturated carbocycles. The van der Waals surface area contributed by atoms with E-state index in [-0.39, 0.29) is 10.8 Å². The Kier molecular flexibility index (Phi) is 3.34. The van der Waals surface area contributed by atoms with E-state index in [4.69, 9.17) is 11.6 Å². The summed E-state index contributed by atoms with van der Waals surface area (Å²) < 4.78 is 39.7. The predicted molar refractivity (Wildman–Crippen MR) is 52.4 cm³/mol. The van der Waals surface area contributed by atoms with Crippen molar-refractivity contribution in [2.45, 2.75) is 13.3 Å². The van der Waals surface area contributed by atoms with E-state index >= 15 is 0 Å². The van der Waals surface area contributed by atoms with Crippen molar-refractivity contribution >= 4 is 17.3 Å². The molecule has 6 heteroatoms.